The van der Waals surface area contributed by atoms with E-state index in [1.165, 1.54) is 24.3 Å². The second-order valence-corrected chi connectivity index (χ2v) is 3.29. The highest BCUT2D eigenvalue weighted by Gasteiger charge is 2.10. The lowest BCUT2D eigenvalue weighted by molar-refractivity contribution is -0.402. The van der Waals surface area contributed by atoms with E-state index in [2.05, 4.69) is 23.7 Å². The molecule has 0 amide bonds. The van der Waals surface area contributed by atoms with Gasteiger partial charge in [0.25, 0.3) is 0 Å². The van der Waals surface area contributed by atoms with Crippen molar-refractivity contribution in [3.05, 3.63) is 56.0 Å². The molecule has 2 aromatic rings. The topological polar surface area (TPSA) is 113 Å². The predicted molar refractivity (Wildman–Crippen MR) is 64.5 cm³/mol. The molecular formula is C12H4N2O6. The van der Waals surface area contributed by atoms with E-state index in [1.54, 1.807) is 0 Å². The zero-order valence-corrected chi connectivity index (χ0v) is 9.65. The molecular weight excluding hydrogens is 268 g/mol. The number of furan rings is 2. The van der Waals surface area contributed by atoms with Crippen LogP contribution in [0.3, 0.4) is 0 Å². The van der Waals surface area contributed by atoms with E-state index in [0.29, 0.717) is 0 Å². The van der Waals surface area contributed by atoms with E-state index in [0.717, 1.165) is 0 Å². The van der Waals surface area contributed by atoms with Crippen molar-refractivity contribution in [3.8, 4) is 23.7 Å². The smallest absolute Gasteiger partial charge is 0.392 e. The zero-order chi connectivity index (χ0) is 14.5. The molecule has 0 aromatic carbocycles. The maximum Gasteiger partial charge on any atom is 0.434 e. The van der Waals surface area contributed by atoms with E-state index in [4.69, 9.17) is 8.83 Å². The molecule has 0 fully saturated rings. The van der Waals surface area contributed by atoms with Gasteiger partial charge in [0.2, 0.25) is 0 Å². The number of nitro groups is 2. The van der Waals surface area contributed by atoms with Crippen LogP contribution in [0.25, 0.3) is 0 Å². The Morgan fingerprint density at radius 3 is 1.50 bits per heavy atom. The summed E-state index contributed by atoms with van der Waals surface area (Å²) in [6.07, 6.45) is 0. The van der Waals surface area contributed by atoms with Crippen LogP contribution in [0.15, 0.2) is 33.1 Å². The van der Waals surface area contributed by atoms with Crippen molar-refractivity contribution in [2.24, 2.45) is 0 Å². The lowest BCUT2D eigenvalue weighted by Crippen LogP contribution is -1.82. The highest BCUT2D eigenvalue weighted by Crippen LogP contribution is 2.15. The highest BCUT2D eigenvalue weighted by atomic mass is 16.7. The average molecular weight is 272 g/mol. The first-order chi connectivity index (χ1) is 9.56. The van der Waals surface area contributed by atoms with Gasteiger partial charge in [0.05, 0.1) is 12.1 Å². The predicted octanol–water partition coefficient (Wildman–Crippen LogP) is 2.09. The van der Waals surface area contributed by atoms with Crippen LogP contribution in [0.2, 0.25) is 0 Å². The minimum Gasteiger partial charge on any atom is -0.392 e. The SMILES string of the molecule is O=[N+]([O-])c1ccc(C#CC#Cc2ccc([N+](=O)[O-])o2)o1. The minimum atomic E-state index is -0.682. The molecule has 0 spiro atoms. The third-order valence-electron chi connectivity index (χ3n) is 1.98. The molecule has 0 aliphatic carbocycles. The largest absolute Gasteiger partial charge is 0.434 e. The van der Waals surface area contributed by atoms with E-state index in [9.17, 15) is 20.2 Å². The lowest BCUT2D eigenvalue weighted by Gasteiger charge is -1.80. The Kier molecular flexibility index (Phi) is 3.50. The summed E-state index contributed by atoms with van der Waals surface area (Å²) in [5.41, 5.74) is 0. The Labute approximate surface area is 111 Å². The van der Waals surface area contributed by atoms with E-state index < -0.39 is 21.6 Å². The maximum absolute atomic E-state index is 10.4. The molecule has 0 aliphatic heterocycles. The Morgan fingerprint density at radius 2 is 1.20 bits per heavy atom. The maximum atomic E-state index is 10.4. The van der Waals surface area contributed by atoms with Crippen LogP contribution in [-0.2, 0) is 0 Å². The molecule has 2 heterocycles. The molecule has 8 heteroatoms. The normalized spacial score (nSPS) is 9.00. The van der Waals surface area contributed by atoms with Crippen molar-refractivity contribution in [2.45, 2.75) is 0 Å². The van der Waals surface area contributed by atoms with E-state index in [-0.39, 0.29) is 11.5 Å². The van der Waals surface area contributed by atoms with Crippen molar-refractivity contribution in [2.75, 3.05) is 0 Å². The van der Waals surface area contributed by atoms with Gasteiger partial charge < -0.3 is 8.83 Å². The Morgan fingerprint density at radius 1 is 0.800 bits per heavy atom. The summed E-state index contributed by atoms with van der Waals surface area (Å²) in [5, 5.41) is 20.7. The van der Waals surface area contributed by atoms with Crippen LogP contribution in [0.4, 0.5) is 11.8 Å². The second kappa shape index (κ2) is 5.42. The Balaban J connectivity index is 2.08. The van der Waals surface area contributed by atoms with E-state index in [1.807, 2.05) is 0 Å². The fourth-order valence-corrected chi connectivity index (χ4v) is 1.17. The number of hydrogen-bond donors (Lipinski definition) is 0. The van der Waals surface area contributed by atoms with Gasteiger partial charge in [0.15, 0.2) is 11.5 Å². The summed E-state index contributed by atoms with van der Waals surface area (Å²) >= 11 is 0. The minimum absolute atomic E-state index is 0.0939. The van der Waals surface area contributed by atoms with Crippen LogP contribution < -0.4 is 0 Å². The first-order valence-electron chi connectivity index (χ1n) is 5.07. The molecule has 0 bridgehead atoms. The molecule has 0 unspecified atom stereocenters. The molecule has 0 radical (unpaired) electrons. The van der Waals surface area contributed by atoms with Crippen molar-refractivity contribution in [3.63, 3.8) is 0 Å². The molecule has 0 saturated carbocycles. The summed E-state index contributed by atoms with van der Waals surface area (Å²) in [6.45, 7) is 0. The van der Waals surface area contributed by atoms with Crippen LogP contribution in [0.1, 0.15) is 11.5 Å². The van der Waals surface area contributed by atoms with Gasteiger partial charge in [-0.3, -0.25) is 20.2 Å². The highest BCUT2D eigenvalue weighted by molar-refractivity contribution is 5.41. The third kappa shape index (κ3) is 3.03. The van der Waals surface area contributed by atoms with Crippen molar-refractivity contribution in [1.29, 1.82) is 0 Å². The third-order valence-corrected chi connectivity index (χ3v) is 1.98. The number of rotatable bonds is 2. The fraction of sp³-hybridized carbons (Fsp3) is 0. The quantitative estimate of drug-likeness (QED) is 0.470. The summed E-state index contributed by atoms with van der Waals surface area (Å²) < 4.78 is 9.56. The van der Waals surface area contributed by atoms with Gasteiger partial charge in [0.1, 0.15) is 9.85 Å². The number of nitrogens with zero attached hydrogens (tertiary/aromatic N) is 2. The molecule has 8 nitrogen and oxygen atoms in total. The first-order valence-corrected chi connectivity index (χ1v) is 5.07. The van der Waals surface area contributed by atoms with Gasteiger partial charge in [-0.25, -0.2) is 0 Å². The summed E-state index contributed by atoms with van der Waals surface area (Å²) in [5.74, 6) is 9.03. The molecule has 98 valence electrons. The van der Waals surface area contributed by atoms with Gasteiger partial charge in [-0.15, -0.1) is 0 Å². The van der Waals surface area contributed by atoms with E-state index >= 15 is 0 Å². The van der Waals surface area contributed by atoms with Gasteiger partial charge in [0, 0.05) is 12.1 Å². The molecule has 2 aromatic heterocycles. The summed E-state index contributed by atoms with van der Waals surface area (Å²) in [7, 11) is 0. The standard InChI is InChI=1S/C12H4N2O6/c15-13(16)11-7-5-9(19-11)3-1-2-4-10-6-8-12(20-10)14(17)18/h5-8H. The zero-order valence-electron chi connectivity index (χ0n) is 9.65. The van der Waals surface area contributed by atoms with Crippen LogP contribution in [-0.4, -0.2) is 9.85 Å². The molecule has 0 aliphatic rings. The van der Waals surface area contributed by atoms with Crippen molar-refractivity contribution >= 4 is 11.8 Å². The number of hydrogen-bond acceptors (Lipinski definition) is 6. The Hall–Kier alpha value is -3.52. The molecule has 20 heavy (non-hydrogen) atoms. The molecule has 0 saturated heterocycles. The molecule has 2 rings (SSSR count). The van der Waals surface area contributed by atoms with Gasteiger partial charge in [-0.05, 0) is 23.7 Å². The summed E-state index contributed by atoms with van der Waals surface area (Å²) in [4.78, 5) is 19.3. The molecule has 0 N–H and O–H groups in total. The van der Waals surface area contributed by atoms with Gasteiger partial charge in [-0.2, -0.15) is 0 Å². The van der Waals surface area contributed by atoms with Crippen LogP contribution in [0, 0.1) is 43.9 Å². The Bertz CT molecular complexity index is 725. The first kappa shape index (κ1) is 12.9. The van der Waals surface area contributed by atoms with Gasteiger partial charge >= 0.3 is 11.8 Å². The second-order valence-electron chi connectivity index (χ2n) is 3.29. The van der Waals surface area contributed by atoms with Crippen molar-refractivity contribution in [1.82, 2.24) is 0 Å². The van der Waals surface area contributed by atoms with Crippen LogP contribution >= 0.6 is 0 Å². The van der Waals surface area contributed by atoms with Crippen LogP contribution in [0.5, 0.6) is 0 Å². The fourth-order valence-electron chi connectivity index (χ4n) is 1.17. The average Bonchev–Trinajstić information content (AvgIpc) is 3.04. The van der Waals surface area contributed by atoms with Crippen molar-refractivity contribution < 1.29 is 18.7 Å². The molecule has 0 atom stereocenters. The lowest BCUT2D eigenvalue weighted by atomic mass is 10.4. The monoisotopic (exact) mass is 272 g/mol. The summed E-state index contributed by atoms with van der Waals surface area (Å²) in [6, 6.07) is 5.02. The van der Waals surface area contributed by atoms with Gasteiger partial charge in [-0.1, -0.05) is 0 Å².